The van der Waals surface area contributed by atoms with E-state index in [1.54, 1.807) is 18.7 Å². The first-order chi connectivity index (χ1) is 9.20. The number of rotatable bonds is 4. The van der Waals surface area contributed by atoms with Gasteiger partial charge in [-0.15, -0.1) is 0 Å². The van der Waals surface area contributed by atoms with Gasteiger partial charge in [-0.1, -0.05) is 0 Å². The molecule has 1 fully saturated rings. The Morgan fingerprint density at radius 1 is 1.15 bits per heavy atom. The van der Waals surface area contributed by atoms with Gasteiger partial charge in [0, 0.05) is 13.1 Å². The first-order valence-electron chi connectivity index (χ1n) is 7.06. The molecule has 0 aromatic rings. The summed E-state index contributed by atoms with van der Waals surface area (Å²) in [5, 5.41) is 2.99. The Morgan fingerprint density at radius 3 is 2.20 bits per heavy atom. The lowest BCUT2D eigenvalue weighted by molar-refractivity contribution is -0.157. The Balaban J connectivity index is 2.45. The van der Waals surface area contributed by atoms with E-state index in [1.807, 2.05) is 20.8 Å². The summed E-state index contributed by atoms with van der Waals surface area (Å²) in [7, 11) is 0. The lowest BCUT2D eigenvalue weighted by Crippen LogP contribution is -2.53. The van der Waals surface area contributed by atoms with E-state index in [0.717, 1.165) is 0 Å². The average molecular weight is 286 g/mol. The lowest BCUT2D eigenvalue weighted by atomic mass is 10.2. The van der Waals surface area contributed by atoms with Gasteiger partial charge in [-0.25, -0.2) is 0 Å². The molecule has 0 bridgehead atoms. The fraction of sp³-hybridized carbons (Fsp3) is 0.857. The molecule has 1 N–H and O–H groups in total. The van der Waals surface area contributed by atoms with Crippen LogP contribution in [0, 0.1) is 0 Å². The van der Waals surface area contributed by atoms with E-state index >= 15 is 0 Å². The molecule has 2 atom stereocenters. The minimum atomic E-state index is -0.523. The van der Waals surface area contributed by atoms with Crippen molar-refractivity contribution in [2.75, 3.05) is 26.3 Å². The largest absolute Gasteiger partial charge is 0.459 e. The number of hydrogen-bond acceptors (Lipinski definition) is 5. The molecule has 1 aliphatic heterocycles. The Labute approximate surface area is 120 Å². The molecular weight excluding hydrogens is 260 g/mol. The van der Waals surface area contributed by atoms with Crippen LogP contribution < -0.4 is 5.32 Å². The van der Waals surface area contributed by atoms with Gasteiger partial charge in [-0.05, 0) is 34.6 Å². The fourth-order valence-electron chi connectivity index (χ4n) is 1.96. The third-order valence-corrected chi connectivity index (χ3v) is 2.95. The van der Waals surface area contributed by atoms with Gasteiger partial charge in [0.1, 0.15) is 11.6 Å². The van der Waals surface area contributed by atoms with Crippen molar-refractivity contribution >= 4 is 11.9 Å². The maximum atomic E-state index is 12.2. The first-order valence-corrected chi connectivity index (χ1v) is 7.06. The second-order valence-electron chi connectivity index (χ2n) is 6.08. The van der Waals surface area contributed by atoms with Gasteiger partial charge in [0.05, 0.1) is 19.3 Å². The zero-order chi connectivity index (χ0) is 15.3. The van der Waals surface area contributed by atoms with Crippen LogP contribution in [0.4, 0.5) is 0 Å². The average Bonchev–Trinajstić information content (AvgIpc) is 2.36. The molecule has 0 saturated carbocycles. The minimum absolute atomic E-state index is 0.0105. The van der Waals surface area contributed by atoms with Crippen LogP contribution in [-0.4, -0.2) is 60.8 Å². The van der Waals surface area contributed by atoms with Gasteiger partial charge in [0.2, 0.25) is 5.91 Å². The highest BCUT2D eigenvalue weighted by atomic mass is 16.6. The molecule has 0 aliphatic carbocycles. The number of nitrogens with one attached hydrogen (secondary N) is 1. The van der Waals surface area contributed by atoms with Crippen LogP contribution in [-0.2, 0) is 19.1 Å². The van der Waals surface area contributed by atoms with Crippen LogP contribution in [0.15, 0.2) is 0 Å². The minimum Gasteiger partial charge on any atom is -0.459 e. The Kier molecular flexibility index (Phi) is 5.95. The van der Waals surface area contributed by atoms with Crippen LogP contribution in [0.1, 0.15) is 34.6 Å². The molecule has 0 spiro atoms. The third-order valence-electron chi connectivity index (χ3n) is 2.95. The molecule has 1 saturated heterocycles. The Morgan fingerprint density at radius 2 is 1.70 bits per heavy atom. The van der Waals surface area contributed by atoms with Crippen molar-refractivity contribution in [2.45, 2.75) is 52.3 Å². The molecular formula is C14H26N2O4. The highest BCUT2D eigenvalue weighted by molar-refractivity contribution is 5.83. The van der Waals surface area contributed by atoms with Crippen LogP contribution in [0.25, 0.3) is 0 Å². The van der Waals surface area contributed by atoms with Crippen molar-refractivity contribution in [3.05, 3.63) is 0 Å². The van der Waals surface area contributed by atoms with E-state index in [1.165, 1.54) is 0 Å². The molecule has 2 unspecified atom stereocenters. The second-order valence-corrected chi connectivity index (χ2v) is 6.08. The van der Waals surface area contributed by atoms with E-state index in [2.05, 4.69) is 5.32 Å². The summed E-state index contributed by atoms with van der Waals surface area (Å²) in [6, 6.07) is -0.940. The van der Waals surface area contributed by atoms with Gasteiger partial charge in [0.15, 0.2) is 0 Å². The van der Waals surface area contributed by atoms with Crippen molar-refractivity contribution in [3.63, 3.8) is 0 Å². The molecule has 116 valence electrons. The number of morpholine rings is 1. The van der Waals surface area contributed by atoms with Crippen molar-refractivity contribution in [3.8, 4) is 0 Å². The van der Waals surface area contributed by atoms with Gasteiger partial charge >= 0.3 is 5.97 Å². The molecule has 6 heteroatoms. The smallest absolute Gasteiger partial charge is 0.323 e. The van der Waals surface area contributed by atoms with E-state index in [4.69, 9.17) is 9.47 Å². The van der Waals surface area contributed by atoms with Crippen molar-refractivity contribution in [1.29, 1.82) is 0 Å². The van der Waals surface area contributed by atoms with E-state index < -0.39 is 17.7 Å². The number of esters is 1. The predicted molar refractivity (Wildman–Crippen MR) is 75.3 cm³/mol. The third kappa shape index (κ3) is 5.46. The standard InChI is InChI=1S/C14H26N2O4/c1-10(12(17)16-6-8-19-9-7-16)15-11(2)13(18)20-14(3,4)5/h10-11,15H,6-9H2,1-5H3. The SMILES string of the molecule is CC(NC(C)C(=O)N1CCOCC1)C(=O)OC(C)(C)C. The van der Waals surface area contributed by atoms with E-state index in [9.17, 15) is 9.59 Å². The zero-order valence-corrected chi connectivity index (χ0v) is 13.1. The number of hydrogen-bond donors (Lipinski definition) is 1. The molecule has 1 heterocycles. The van der Waals surface area contributed by atoms with E-state index in [-0.39, 0.29) is 11.9 Å². The van der Waals surface area contributed by atoms with Gasteiger partial charge in [-0.3, -0.25) is 14.9 Å². The normalized spacial score (nSPS) is 19.4. The summed E-state index contributed by atoms with van der Waals surface area (Å²) in [5.41, 5.74) is -0.523. The maximum Gasteiger partial charge on any atom is 0.323 e. The number of ether oxygens (including phenoxy) is 2. The topological polar surface area (TPSA) is 67.9 Å². The Hall–Kier alpha value is -1.14. The van der Waals surface area contributed by atoms with Crippen LogP contribution in [0.5, 0.6) is 0 Å². The van der Waals surface area contributed by atoms with Gasteiger partial charge in [-0.2, -0.15) is 0 Å². The number of carbonyl (C=O) groups is 2. The highest BCUT2D eigenvalue weighted by Gasteiger charge is 2.27. The number of amides is 1. The summed E-state index contributed by atoms with van der Waals surface area (Å²) in [6.07, 6.45) is 0. The molecule has 0 aromatic heterocycles. The highest BCUT2D eigenvalue weighted by Crippen LogP contribution is 2.09. The van der Waals surface area contributed by atoms with Gasteiger partial charge in [0.25, 0.3) is 0 Å². The number of nitrogens with zero attached hydrogens (tertiary/aromatic N) is 1. The predicted octanol–water partition coefficient (Wildman–Crippen LogP) is 0.554. The molecule has 1 amide bonds. The molecule has 1 rings (SSSR count). The van der Waals surface area contributed by atoms with E-state index in [0.29, 0.717) is 26.3 Å². The summed E-state index contributed by atoms with van der Waals surface area (Å²) in [6.45, 7) is 11.3. The van der Waals surface area contributed by atoms with Crippen molar-refractivity contribution < 1.29 is 19.1 Å². The summed E-state index contributed by atoms with van der Waals surface area (Å²) in [4.78, 5) is 25.8. The van der Waals surface area contributed by atoms with Crippen LogP contribution in [0.2, 0.25) is 0 Å². The second kappa shape index (κ2) is 7.04. The number of carbonyl (C=O) groups excluding carboxylic acids is 2. The summed E-state index contributed by atoms with van der Waals surface area (Å²) < 4.78 is 10.5. The molecule has 6 nitrogen and oxygen atoms in total. The molecule has 20 heavy (non-hydrogen) atoms. The lowest BCUT2D eigenvalue weighted by Gasteiger charge is -2.30. The Bertz CT molecular complexity index is 346. The van der Waals surface area contributed by atoms with Crippen LogP contribution in [0.3, 0.4) is 0 Å². The zero-order valence-electron chi connectivity index (χ0n) is 13.1. The monoisotopic (exact) mass is 286 g/mol. The molecule has 1 aliphatic rings. The van der Waals surface area contributed by atoms with Crippen LogP contribution >= 0.6 is 0 Å². The fourth-order valence-corrected chi connectivity index (χ4v) is 1.96. The molecule has 0 aromatic carbocycles. The molecule has 0 radical (unpaired) electrons. The van der Waals surface area contributed by atoms with Gasteiger partial charge < -0.3 is 14.4 Å². The van der Waals surface area contributed by atoms with Crippen molar-refractivity contribution in [2.24, 2.45) is 0 Å². The maximum absolute atomic E-state index is 12.2. The quantitative estimate of drug-likeness (QED) is 0.765. The summed E-state index contributed by atoms with van der Waals surface area (Å²) >= 11 is 0. The first kappa shape index (κ1) is 16.9. The summed E-state index contributed by atoms with van der Waals surface area (Å²) in [5.74, 6) is -0.358. The van der Waals surface area contributed by atoms with Crippen molar-refractivity contribution in [1.82, 2.24) is 10.2 Å².